The maximum absolute atomic E-state index is 13.4. The maximum atomic E-state index is 13.4. The molecule has 1 amide bonds. The van der Waals surface area contributed by atoms with Crippen LogP contribution in [0.4, 0.5) is 5.13 Å². The lowest BCUT2D eigenvalue weighted by atomic mass is 9.95. The number of amides is 1. The summed E-state index contributed by atoms with van der Waals surface area (Å²) in [6, 6.07) is 13.3. The van der Waals surface area contributed by atoms with Gasteiger partial charge < -0.3 is 9.84 Å². The number of aliphatic hydroxyl groups is 1. The lowest BCUT2D eigenvalue weighted by Crippen LogP contribution is -2.29. The van der Waals surface area contributed by atoms with Crippen molar-refractivity contribution in [2.45, 2.75) is 46.6 Å². The molecule has 1 saturated heterocycles. The molecule has 1 N–H and O–H groups in total. The summed E-state index contributed by atoms with van der Waals surface area (Å²) in [6.07, 6.45) is 1.88. The minimum Gasteiger partial charge on any atom is -0.507 e. The highest BCUT2D eigenvalue weighted by molar-refractivity contribution is 7.18. The molecule has 2 heterocycles. The van der Waals surface area contributed by atoms with Gasteiger partial charge in [0.25, 0.3) is 5.78 Å². The average Bonchev–Trinajstić information content (AvgIpc) is 3.36. The molecule has 0 saturated carbocycles. The van der Waals surface area contributed by atoms with Crippen LogP contribution in [0.3, 0.4) is 0 Å². The molecule has 8 heteroatoms. The first kappa shape index (κ1) is 25.3. The molecule has 0 bridgehead atoms. The van der Waals surface area contributed by atoms with Gasteiger partial charge >= 0.3 is 5.91 Å². The minimum absolute atomic E-state index is 0.0354. The molecule has 1 aromatic heterocycles. The first-order chi connectivity index (χ1) is 17.2. The molecule has 1 unspecified atom stereocenters. The van der Waals surface area contributed by atoms with Crippen LogP contribution in [0.1, 0.15) is 64.8 Å². The Hall–Kier alpha value is -3.78. The molecular formula is C28H28N2O5S. The van der Waals surface area contributed by atoms with Crippen LogP contribution < -0.4 is 9.64 Å². The molecule has 36 heavy (non-hydrogen) atoms. The fraction of sp³-hybridized carbons (Fsp3) is 0.286. The van der Waals surface area contributed by atoms with Gasteiger partial charge in [0, 0.05) is 12.5 Å². The Balaban J connectivity index is 1.89. The molecule has 0 spiro atoms. The van der Waals surface area contributed by atoms with Gasteiger partial charge in [-0.05, 0) is 38.0 Å². The van der Waals surface area contributed by atoms with Crippen LogP contribution in [0, 0.1) is 13.8 Å². The van der Waals surface area contributed by atoms with Gasteiger partial charge in [-0.15, -0.1) is 0 Å². The van der Waals surface area contributed by atoms with Crippen molar-refractivity contribution in [1.82, 2.24) is 4.98 Å². The molecule has 7 nitrogen and oxygen atoms in total. The van der Waals surface area contributed by atoms with E-state index in [1.165, 1.54) is 11.8 Å². The standard InChI is InChI=1S/C28H28N2O5S/c1-5-6-14-35-21-9-7-8-20(15-21)23-22(24(32)19-12-10-16(2)11-13-19)25(33)27(34)30(23)28-29-17(3)26(36-28)18(4)31/h7-13,15,23,32H,5-6,14H2,1-4H3/b24-22+. The molecule has 3 aromatic rings. The highest BCUT2D eigenvalue weighted by atomic mass is 32.1. The van der Waals surface area contributed by atoms with Crippen molar-refractivity contribution >= 4 is 39.7 Å². The minimum atomic E-state index is -0.939. The van der Waals surface area contributed by atoms with E-state index in [1.54, 1.807) is 37.3 Å². The summed E-state index contributed by atoms with van der Waals surface area (Å²) in [5.74, 6) is -1.46. The summed E-state index contributed by atoms with van der Waals surface area (Å²) in [5, 5.41) is 11.5. The number of unbranched alkanes of at least 4 members (excludes halogenated alkanes) is 1. The molecule has 0 radical (unpaired) electrons. The summed E-state index contributed by atoms with van der Waals surface area (Å²) in [5.41, 5.74) is 2.47. The van der Waals surface area contributed by atoms with E-state index in [4.69, 9.17) is 4.74 Å². The Morgan fingerprint density at radius 1 is 1.14 bits per heavy atom. The third-order valence-corrected chi connectivity index (χ3v) is 7.28. The second-order valence-corrected chi connectivity index (χ2v) is 9.75. The van der Waals surface area contributed by atoms with Gasteiger partial charge in [0.2, 0.25) is 0 Å². The molecule has 2 aromatic carbocycles. The second kappa shape index (κ2) is 10.5. The summed E-state index contributed by atoms with van der Waals surface area (Å²) in [6.45, 7) is 7.66. The highest BCUT2D eigenvalue weighted by Crippen LogP contribution is 2.44. The highest BCUT2D eigenvalue weighted by Gasteiger charge is 2.48. The zero-order valence-electron chi connectivity index (χ0n) is 20.7. The smallest absolute Gasteiger partial charge is 0.301 e. The van der Waals surface area contributed by atoms with Crippen LogP contribution in [0.15, 0.2) is 54.1 Å². The maximum Gasteiger partial charge on any atom is 0.301 e. The molecule has 1 aliphatic rings. The Morgan fingerprint density at radius 2 is 1.86 bits per heavy atom. The van der Waals surface area contributed by atoms with Gasteiger partial charge in [0.05, 0.1) is 28.8 Å². The quantitative estimate of drug-likeness (QED) is 0.138. The van der Waals surface area contributed by atoms with E-state index < -0.39 is 17.7 Å². The van der Waals surface area contributed by atoms with Gasteiger partial charge in [0.1, 0.15) is 11.5 Å². The average molecular weight is 505 g/mol. The Labute approximate surface area is 214 Å². The first-order valence-electron chi connectivity index (χ1n) is 11.8. The summed E-state index contributed by atoms with van der Waals surface area (Å²) >= 11 is 1.06. The van der Waals surface area contributed by atoms with E-state index >= 15 is 0 Å². The molecule has 186 valence electrons. The predicted molar refractivity (Wildman–Crippen MR) is 140 cm³/mol. The second-order valence-electron chi connectivity index (χ2n) is 8.78. The monoisotopic (exact) mass is 504 g/mol. The fourth-order valence-corrected chi connectivity index (χ4v) is 5.12. The molecule has 0 aliphatic carbocycles. The predicted octanol–water partition coefficient (Wildman–Crippen LogP) is 5.77. The fourth-order valence-electron chi connectivity index (χ4n) is 4.13. The summed E-state index contributed by atoms with van der Waals surface area (Å²) in [7, 11) is 0. The largest absolute Gasteiger partial charge is 0.507 e. The SMILES string of the molecule is CCCCOc1cccc(C2/C(=C(\O)c3ccc(C)cc3)C(=O)C(=O)N2c2nc(C)c(C(C)=O)s2)c1. The number of thiazole rings is 1. The molecule has 4 rings (SSSR count). The number of rotatable bonds is 8. The number of ketones is 2. The lowest BCUT2D eigenvalue weighted by molar-refractivity contribution is -0.132. The summed E-state index contributed by atoms with van der Waals surface area (Å²) in [4.78, 5) is 44.9. The normalized spacial score (nSPS) is 17.0. The Kier molecular flexibility index (Phi) is 7.35. The van der Waals surface area contributed by atoms with E-state index in [9.17, 15) is 19.5 Å². The van der Waals surface area contributed by atoms with Crippen molar-refractivity contribution in [2.75, 3.05) is 11.5 Å². The number of benzene rings is 2. The van der Waals surface area contributed by atoms with E-state index in [0.29, 0.717) is 34.1 Å². The van der Waals surface area contributed by atoms with E-state index in [2.05, 4.69) is 11.9 Å². The van der Waals surface area contributed by atoms with Gasteiger partial charge in [0.15, 0.2) is 10.9 Å². The first-order valence-corrected chi connectivity index (χ1v) is 12.6. The number of Topliss-reactive ketones (excluding diaryl/α,β-unsaturated/α-hetero) is 2. The number of nitrogens with zero attached hydrogens (tertiary/aromatic N) is 2. The number of ether oxygens (including phenoxy) is 1. The number of hydrogen-bond acceptors (Lipinski definition) is 7. The van der Waals surface area contributed by atoms with E-state index in [1.807, 2.05) is 25.1 Å². The molecular weight excluding hydrogens is 476 g/mol. The number of aryl methyl sites for hydroxylation is 2. The number of aliphatic hydroxyl groups excluding tert-OH is 1. The van der Waals surface area contributed by atoms with Crippen molar-refractivity contribution in [3.63, 3.8) is 0 Å². The van der Waals surface area contributed by atoms with Crippen molar-refractivity contribution in [3.05, 3.63) is 81.4 Å². The number of carbonyl (C=O) groups is 3. The van der Waals surface area contributed by atoms with E-state index in [-0.39, 0.29) is 22.2 Å². The van der Waals surface area contributed by atoms with E-state index in [0.717, 1.165) is 29.7 Å². The van der Waals surface area contributed by atoms with Gasteiger partial charge in [-0.2, -0.15) is 0 Å². The van der Waals surface area contributed by atoms with Crippen LogP contribution >= 0.6 is 11.3 Å². The molecule has 1 fully saturated rings. The molecule has 1 aliphatic heterocycles. The van der Waals surface area contributed by atoms with Crippen molar-refractivity contribution < 1.29 is 24.2 Å². The van der Waals surface area contributed by atoms with Crippen LogP contribution in [0.5, 0.6) is 5.75 Å². The van der Waals surface area contributed by atoms with Crippen LogP contribution in [-0.4, -0.2) is 34.2 Å². The number of aromatic nitrogens is 1. The zero-order valence-corrected chi connectivity index (χ0v) is 21.5. The van der Waals surface area contributed by atoms with Crippen LogP contribution in [0.25, 0.3) is 5.76 Å². The Morgan fingerprint density at radius 3 is 2.50 bits per heavy atom. The third-order valence-electron chi connectivity index (χ3n) is 6.02. The number of anilines is 1. The van der Waals surface area contributed by atoms with Gasteiger partial charge in [-0.1, -0.05) is 66.6 Å². The van der Waals surface area contributed by atoms with Crippen molar-refractivity contribution in [3.8, 4) is 5.75 Å². The third kappa shape index (κ3) is 4.81. The van der Waals surface area contributed by atoms with Crippen molar-refractivity contribution in [2.24, 2.45) is 0 Å². The van der Waals surface area contributed by atoms with Gasteiger partial charge in [-0.3, -0.25) is 19.3 Å². The topological polar surface area (TPSA) is 96.8 Å². The van der Waals surface area contributed by atoms with Crippen molar-refractivity contribution in [1.29, 1.82) is 0 Å². The lowest BCUT2D eigenvalue weighted by Gasteiger charge is -2.23. The Bertz CT molecular complexity index is 1360. The van der Waals surface area contributed by atoms with Gasteiger partial charge in [-0.25, -0.2) is 4.98 Å². The molecule has 1 atom stereocenters. The zero-order chi connectivity index (χ0) is 26.0. The van der Waals surface area contributed by atoms with Crippen LogP contribution in [-0.2, 0) is 9.59 Å². The number of hydrogen-bond donors (Lipinski definition) is 1. The van der Waals surface area contributed by atoms with Crippen LogP contribution in [0.2, 0.25) is 0 Å². The summed E-state index contributed by atoms with van der Waals surface area (Å²) < 4.78 is 5.86. The number of carbonyl (C=O) groups excluding carboxylic acids is 3.